The Morgan fingerprint density at radius 1 is 1.00 bits per heavy atom. The van der Waals surface area contributed by atoms with E-state index in [2.05, 4.69) is 14.9 Å². The zero-order valence-electron chi connectivity index (χ0n) is 19.2. The summed E-state index contributed by atoms with van der Waals surface area (Å²) in [4.78, 5) is 44.7. The number of rotatable bonds is 6. The Hall–Kier alpha value is -3.92. The summed E-state index contributed by atoms with van der Waals surface area (Å²) >= 11 is 0. The van der Waals surface area contributed by atoms with Gasteiger partial charge in [-0.15, -0.1) is 0 Å². The third-order valence-electron chi connectivity index (χ3n) is 6.59. The van der Waals surface area contributed by atoms with Crippen molar-refractivity contribution in [3.05, 3.63) is 86.7 Å². The Kier molecular flexibility index (Phi) is 6.13. The molecule has 0 saturated carbocycles. The molecule has 0 radical (unpaired) electrons. The minimum Gasteiger partial charge on any atom is -0.360 e. The van der Waals surface area contributed by atoms with Gasteiger partial charge in [0.15, 0.2) is 0 Å². The standard InChI is InChI=1S/C26H23F3N4O3/c27-26(28,29)23(34)19-15-30-21-8-3-6-17(22(19)21)16-9-13-32(14-10-16)11-4-12-33-24(35)18-5-1-2-7-20(18)31-25(33)36/h1-3,5-9,15,30H,4,10-14H2,(H,31,36). The van der Waals surface area contributed by atoms with Gasteiger partial charge in [-0.2, -0.15) is 13.2 Å². The third kappa shape index (κ3) is 4.39. The van der Waals surface area contributed by atoms with Crippen molar-refractivity contribution >= 4 is 33.2 Å². The number of carbonyl (C=O) groups excluding carboxylic acids is 1. The maximum absolute atomic E-state index is 13.1. The smallest absolute Gasteiger partial charge is 0.360 e. The van der Waals surface area contributed by atoms with E-state index in [9.17, 15) is 27.6 Å². The number of ketones is 1. The maximum atomic E-state index is 13.1. The molecule has 0 fully saturated rings. The Bertz CT molecular complexity index is 1610. The summed E-state index contributed by atoms with van der Waals surface area (Å²) in [5.74, 6) is -1.86. The molecular weight excluding hydrogens is 473 g/mol. The number of aromatic amines is 2. The van der Waals surface area contributed by atoms with Crippen LogP contribution in [0.15, 0.2) is 64.3 Å². The average Bonchev–Trinajstić information content (AvgIpc) is 3.29. The fourth-order valence-electron chi connectivity index (χ4n) is 4.80. The fraction of sp³-hybridized carbons (Fsp3) is 0.269. The molecule has 10 heteroatoms. The third-order valence-corrected chi connectivity index (χ3v) is 6.59. The number of benzene rings is 2. The molecule has 0 aliphatic carbocycles. The van der Waals surface area contributed by atoms with Gasteiger partial charge in [-0.25, -0.2) is 4.79 Å². The first-order valence-electron chi connectivity index (χ1n) is 11.6. The van der Waals surface area contributed by atoms with Gasteiger partial charge in [-0.3, -0.25) is 19.1 Å². The number of H-pyrrole nitrogens is 2. The second kappa shape index (κ2) is 9.27. The van der Waals surface area contributed by atoms with E-state index >= 15 is 0 Å². The maximum Gasteiger partial charge on any atom is 0.454 e. The molecule has 0 atom stereocenters. The van der Waals surface area contributed by atoms with Crippen LogP contribution in [0.25, 0.3) is 27.4 Å². The lowest BCUT2D eigenvalue weighted by Gasteiger charge is -2.27. The van der Waals surface area contributed by atoms with Crippen LogP contribution < -0.4 is 11.2 Å². The highest BCUT2D eigenvalue weighted by atomic mass is 19.4. The van der Waals surface area contributed by atoms with Crippen LogP contribution in [0, 0.1) is 0 Å². The minimum absolute atomic E-state index is 0.275. The van der Waals surface area contributed by atoms with Crippen molar-refractivity contribution in [3.63, 3.8) is 0 Å². The second-order valence-electron chi connectivity index (χ2n) is 8.82. The van der Waals surface area contributed by atoms with Crippen molar-refractivity contribution in [2.45, 2.75) is 25.6 Å². The monoisotopic (exact) mass is 496 g/mol. The summed E-state index contributed by atoms with van der Waals surface area (Å²) in [6, 6.07) is 12.0. The first kappa shape index (κ1) is 23.8. The van der Waals surface area contributed by atoms with Crippen molar-refractivity contribution in [1.29, 1.82) is 0 Å². The molecule has 2 aromatic heterocycles. The lowest BCUT2D eigenvalue weighted by atomic mass is 9.93. The summed E-state index contributed by atoms with van der Waals surface area (Å²) in [6.45, 7) is 2.16. The van der Waals surface area contributed by atoms with E-state index in [-0.39, 0.29) is 23.1 Å². The van der Waals surface area contributed by atoms with Crippen molar-refractivity contribution in [1.82, 2.24) is 19.4 Å². The number of halogens is 3. The highest BCUT2D eigenvalue weighted by Crippen LogP contribution is 2.34. The van der Waals surface area contributed by atoms with E-state index < -0.39 is 17.6 Å². The molecule has 0 saturated heterocycles. The molecule has 0 bridgehead atoms. The first-order chi connectivity index (χ1) is 17.2. The zero-order valence-corrected chi connectivity index (χ0v) is 19.2. The molecule has 1 aliphatic heterocycles. The molecule has 2 aromatic carbocycles. The predicted molar refractivity (Wildman–Crippen MR) is 131 cm³/mol. The van der Waals surface area contributed by atoms with Gasteiger partial charge in [0, 0.05) is 43.3 Å². The number of carbonyl (C=O) groups is 1. The van der Waals surface area contributed by atoms with E-state index in [1.165, 1.54) is 4.57 Å². The molecular formula is C26H23F3N4O3. The van der Waals surface area contributed by atoms with Crippen molar-refractivity contribution in [2.75, 3.05) is 19.6 Å². The molecule has 0 spiro atoms. The molecule has 186 valence electrons. The largest absolute Gasteiger partial charge is 0.454 e. The molecule has 0 amide bonds. The molecule has 3 heterocycles. The molecule has 5 rings (SSSR count). The van der Waals surface area contributed by atoms with Gasteiger partial charge in [0.25, 0.3) is 11.3 Å². The fourth-order valence-corrected chi connectivity index (χ4v) is 4.80. The number of Topliss-reactive ketones (excluding diaryl/α,β-unsaturated/α-hetero) is 1. The Morgan fingerprint density at radius 2 is 1.78 bits per heavy atom. The van der Waals surface area contributed by atoms with Gasteiger partial charge in [0.2, 0.25) is 0 Å². The van der Waals surface area contributed by atoms with E-state index in [1.54, 1.807) is 42.5 Å². The van der Waals surface area contributed by atoms with Crippen LogP contribution in [-0.4, -0.2) is 51.0 Å². The van der Waals surface area contributed by atoms with Crippen LogP contribution in [-0.2, 0) is 6.54 Å². The predicted octanol–water partition coefficient (Wildman–Crippen LogP) is 4.10. The number of aromatic nitrogens is 3. The normalized spacial score (nSPS) is 14.9. The number of nitrogens with one attached hydrogen (secondary N) is 2. The second-order valence-corrected chi connectivity index (χ2v) is 8.82. The summed E-state index contributed by atoms with van der Waals surface area (Å²) in [5, 5.41) is 0.749. The van der Waals surface area contributed by atoms with Crippen LogP contribution in [0.4, 0.5) is 13.2 Å². The molecule has 4 aromatic rings. The summed E-state index contributed by atoms with van der Waals surface area (Å²) in [5.41, 5.74) is 1.36. The number of para-hydroxylation sites is 1. The lowest BCUT2D eigenvalue weighted by Crippen LogP contribution is -2.36. The first-order valence-corrected chi connectivity index (χ1v) is 11.6. The molecule has 2 N–H and O–H groups in total. The molecule has 0 unspecified atom stereocenters. The van der Waals surface area contributed by atoms with Crippen molar-refractivity contribution in [3.8, 4) is 0 Å². The summed E-state index contributed by atoms with van der Waals surface area (Å²) < 4.78 is 40.5. The number of hydrogen-bond donors (Lipinski definition) is 2. The number of hydrogen-bond acceptors (Lipinski definition) is 4. The number of fused-ring (bicyclic) bond motifs is 2. The van der Waals surface area contributed by atoms with Crippen LogP contribution in [0.2, 0.25) is 0 Å². The highest BCUT2D eigenvalue weighted by molar-refractivity contribution is 6.13. The number of nitrogens with zero attached hydrogens (tertiary/aromatic N) is 2. The zero-order chi connectivity index (χ0) is 25.4. The molecule has 36 heavy (non-hydrogen) atoms. The Balaban J connectivity index is 1.30. The minimum atomic E-state index is -4.95. The van der Waals surface area contributed by atoms with Gasteiger partial charge >= 0.3 is 11.9 Å². The Labute approximate surface area is 202 Å². The number of alkyl halides is 3. The van der Waals surface area contributed by atoms with E-state index in [0.717, 1.165) is 11.8 Å². The van der Waals surface area contributed by atoms with Crippen LogP contribution in [0.5, 0.6) is 0 Å². The van der Waals surface area contributed by atoms with E-state index in [1.807, 2.05) is 6.08 Å². The SMILES string of the molecule is O=C(c1c[nH]c2cccc(C3=CCN(CCCn4c(=O)[nH]c5ccccc5c4=O)CC3)c12)C(F)(F)F. The van der Waals surface area contributed by atoms with Crippen LogP contribution in [0.3, 0.4) is 0 Å². The molecule has 7 nitrogen and oxygen atoms in total. The van der Waals surface area contributed by atoms with Gasteiger partial charge < -0.3 is 9.97 Å². The van der Waals surface area contributed by atoms with Gasteiger partial charge in [0.05, 0.1) is 16.5 Å². The van der Waals surface area contributed by atoms with E-state index in [4.69, 9.17) is 0 Å². The molecule has 1 aliphatic rings. The van der Waals surface area contributed by atoms with Crippen LogP contribution in [0.1, 0.15) is 28.8 Å². The average molecular weight is 496 g/mol. The van der Waals surface area contributed by atoms with Gasteiger partial charge in [-0.05, 0) is 42.2 Å². The van der Waals surface area contributed by atoms with Crippen molar-refractivity contribution in [2.24, 2.45) is 0 Å². The lowest BCUT2D eigenvalue weighted by molar-refractivity contribution is -0.0884. The van der Waals surface area contributed by atoms with Gasteiger partial charge in [-0.1, -0.05) is 30.3 Å². The topological polar surface area (TPSA) is 91.0 Å². The van der Waals surface area contributed by atoms with Crippen molar-refractivity contribution < 1.29 is 18.0 Å². The van der Waals surface area contributed by atoms with E-state index in [0.29, 0.717) is 54.5 Å². The Morgan fingerprint density at radius 3 is 2.53 bits per heavy atom. The van der Waals surface area contributed by atoms with Crippen LogP contribution >= 0.6 is 0 Å². The summed E-state index contributed by atoms with van der Waals surface area (Å²) in [7, 11) is 0. The summed E-state index contributed by atoms with van der Waals surface area (Å²) in [6.07, 6.45) is -0.685. The highest BCUT2D eigenvalue weighted by Gasteiger charge is 2.41. The van der Waals surface area contributed by atoms with Gasteiger partial charge in [0.1, 0.15) is 0 Å². The quantitative estimate of drug-likeness (QED) is 0.394.